The van der Waals surface area contributed by atoms with Crippen molar-refractivity contribution in [1.82, 2.24) is 9.62 Å². The first-order valence-corrected chi connectivity index (χ1v) is 12.4. The molecule has 172 valence electrons. The van der Waals surface area contributed by atoms with Crippen molar-refractivity contribution in [3.63, 3.8) is 0 Å². The SMILES string of the molecule is COc1ccc(S(=O)(=O)N2CCC(C(=O)O[C@@H](C)C(=O)NC3CCCCC3)CC2)cc1. The molecule has 2 aliphatic rings. The minimum atomic E-state index is -3.63. The molecule has 0 bridgehead atoms. The summed E-state index contributed by atoms with van der Waals surface area (Å²) in [6.07, 6.45) is 5.23. The van der Waals surface area contributed by atoms with Crippen LogP contribution in [0.25, 0.3) is 0 Å². The Morgan fingerprint density at radius 1 is 1.03 bits per heavy atom. The minimum absolute atomic E-state index is 0.161. The Labute approximate surface area is 184 Å². The predicted molar refractivity (Wildman–Crippen MR) is 115 cm³/mol. The lowest BCUT2D eigenvalue weighted by Crippen LogP contribution is -2.44. The van der Waals surface area contributed by atoms with Gasteiger partial charge in [-0.25, -0.2) is 8.42 Å². The number of rotatable bonds is 7. The molecule has 0 unspecified atom stereocenters. The number of carbonyl (C=O) groups excluding carboxylic acids is 2. The van der Waals surface area contributed by atoms with Crippen molar-refractivity contribution in [2.75, 3.05) is 20.2 Å². The van der Waals surface area contributed by atoms with E-state index in [1.807, 2.05) is 0 Å². The smallest absolute Gasteiger partial charge is 0.309 e. The maximum Gasteiger partial charge on any atom is 0.309 e. The lowest BCUT2D eigenvalue weighted by atomic mass is 9.95. The fraction of sp³-hybridized carbons (Fsp3) is 0.636. The van der Waals surface area contributed by atoms with Crippen LogP contribution < -0.4 is 10.1 Å². The highest BCUT2D eigenvalue weighted by atomic mass is 32.2. The van der Waals surface area contributed by atoms with Gasteiger partial charge in [0.1, 0.15) is 5.75 Å². The van der Waals surface area contributed by atoms with Gasteiger partial charge in [0.2, 0.25) is 10.0 Å². The Hall–Kier alpha value is -2.13. The van der Waals surface area contributed by atoms with Gasteiger partial charge in [0, 0.05) is 19.1 Å². The van der Waals surface area contributed by atoms with Crippen LogP contribution in [0.3, 0.4) is 0 Å². The minimum Gasteiger partial charge on any atom is -0.497 e. The van der Waals surface area contributed by atoms with Crippen molar-refractivity contribution in [2.24, 2.45) is 5.92 Å². The van der Waals surface area contributed by atoms with Crippen molar-refractivity contribution >= 4 is 21.9 Å². The van der Waals surface area contributed by atoms with Gasteiger partial charge in [-0.1, -0.05) is 19.3 Å². The van der Waals surface area contributed by atoms with Crippen molar-refractivity contribution in [3.05, 3.63) is 24.3 Å². The molecule has 0 spiro atoms. The quantitative estimate of drug-likeness (QED) is 0.638. The van der Waals surface area contributed by atoms with Crippen LogP contribution in [0.4, 0.5) is 0 Å². The normalized spacial score (nSPS) is 20.1. The van der Waals surface area contributed by atoms with E-state index >= 15 is 0 Å². The number of nitrogens with zero attached hydrogens (tertiary/aromatic N) is 1. The van der Waals surface area contributed by atoms with Gasteiger partial charge in [-0.05, 0) is 56.9 Å². The van der Waals surface area contributed by atoms with Crippen LogP contribution in [0.15, 0.2) is 29.2 Å². The number of benzene rings is 1. The highest BCUT2D eigenvalue weighted by Crippen LogP contribution is 2.26. The van der Waals surface area contributed by atoms with Gasteiger partial charge >= 0.3 is 5.97 Å². The Morgan fingerprint density at radius 2 is 1.65 bits per heavy atom. The molecule has 1 saturated heterocycles. The number of esters is 1. The van der Waals surface area contributed by atoms with Gasteiger partial charge in [0.25, 0.3) is 5.91 Å². The first kappa shape index (κ1) is 23.5. The summed E-state index contributed by atoms with van der Waals surface area (Å²) in [6.45, 7) is 2.05. The molecule has 1 amide bonds. The Balaban J connectivity index is 1.49. The van der Waals surface area contributed by atoms with Gasteiger partial charge in [0.15, 0.2) is 6.10 Å². The second kappa shape index (κ2) is 10.5. The first-order valence-electron chi connectivity index (χ1n) is 11.0. The summed E-state index contributed by atoms with van der Waals surface area (Å²) in [5.41, 5.74) is 0. The van der Waals surface area contributed by atoms with Gasteiger partial charge in [-0.2, -0.15) is 4.31 Å². The Bertz CT molecular complexity index is 856. The van der Waals surface area contributed by atoms with E-state index in [0.29, 0.717) is 18.6 Å². The van der Waals surface area contributed by atoms with Crippen molar-refractivity contribution in [1.29, 1.82) is 0 Å². The van der Waals surface area contributed by atoms with E-state index in [-0.39, 0.29) is 29.9 Å². The highest BCUT2D eigenvalue weighted by Gasteiger charge is 2.34. The maximum absolute atomic E-state index is 12.8. The Kier molecular flexibility index (Phi) is 7.94. The zero-order chi connectivity index (χ0) is 22.4. The summed E-state index contributed by atoms with van der Waals surface area (Å²) in [5.74, 6) is -0.526. The molecule has 9 heteroatoms. The molecule has 8 nitrogen and oxygen atoms in total. The number of nitrogens with one attached hydrogen (secondary N) is 1. The average Bonchev–Trinajstić information content (AvgIpc) is 2.79. The number of hydrogen-bond acceptors (Lipinski definition) is 6. The third-order valence-electron chi connectivity index (χ3n) is 6.10. The second-order valence-electron chi connectivity index (χ2n) is 8.28. The second-order valence-corrected chi connectivity index (χ2v) is 10.2. The van der Waals surface area contributed by atoms with E-state index < -0.39 is 28.0 Å². The van der Waals surface area contributed by atoms with Gasteiger partial charge in [-0.3, -0.25) is 9.59 Å². The molecule has 2 fully saturated rings. The summed E-state index contributed by atoms with van der Waals surface area (Å²) in [6, 6.07) is 6.41. The molecule has 0 radical (unpaired) electrons. The molecule has 1 heterocycles. The van der Waals surface area contributed by atoms with E-state index in [0.717, 1.165) is 25.7 Å². The summed E-state index contributed by atoms with van der Waals surface area (Å²) >= 11 is 0. The van der Waals surface area contributed by atoms with E-state index in [4.69, 9.17) is 9.47 Å². The van der Waals surface area contributed by atoms with Crippen LogP contribution in [0.2, 0.25) is 0 Å². The van der Waals surface area contributed by atoms with E-state index in [9.17, 15) is 18.0 Å². The van der Waals surface area contributed by atoms with E-state index in [1.165, 1.54) is 30.0 Å². The third-order valence-corrected chi connectivity index (χ3v) is 8.01. The van der Waals surface area contributed by atoms with Crippen LogP contribution in [0.1, 0.15) is 51.9 Å². The molecule has 0 aromatic heterocycles. The lowest BCUT2D eigenvalue weighted by molar-refractivity contribution is -0.160. The van der Waals surface area contributed by atoms with Crippen molar-refractivity contribution in [2.45, 2.75) is 68.9 Å². The molecule has 1 aliphatic carbocycles. The molecule has 1 aromatic rings. The number of amides is 1. The number of carbonyl (C=O) groups is 2. The van der Waals surface area contributed by atoms with Crippen LogP contribution in [-0.4, -0.2) is 56.9 Å². The molecule has 31 heavy (non-hydrogen) atoms. The molecule has 1 atom stereocenters. The molecule has 1 aromatic carbocycles. The predicted octanol–water partition coefficient (Wildman–Crippen LogP) is 2.48. The molecule has 1 N–H and O–H groups in total. The van der Waals surface area contributed by atoms with Crippen molar-refractivity contribution < 1.29 is 27.5 Å². The fourth-order valence-corrected chi connectivity index (χ4v) is 5.59. The van der Waals surface area contributed by atoms with Gasteiger partial charge < -0.3 is 14.8 Å². The topological polar surface area (TPSA) is 102 Å². The van der Waals surface area contributed by atoms with Crippen LogP contribution in [-0.2, 0) is 24.3 Å². The summed E-state index contributed by atoms with van der Waals surface area (Å²) in [7, 11) is -2.11. The highest BCUT2D eigenvalue weighted by molar-refractivity contribution is 7.89. The van der Waals surface area contributed by atoms with Gasteiger partial charge in [0.05, 0.1) is 17.9 Å². The van der Waals surface area contributed by atoms with Gasteiger partial charge in [-0.15, -0.1) is 0 Å². The monoisotopic (exact) mass is 452 g/mol. The maximum atomic E-state index is 12.8. The lowest BCUT2D eigenvalue weighted by Gasteiger charge is -2.31. The average molecular weight is 453 g/mol. The first-order chi connectivity index (χ1) is 14.8. The summed E-state index contributed by atoms with van der Waals surface area (Å²) in [4.78, 5) is 25.0. The van der Waals surface area contributed by atoms with E-state index in [1.54, 1.807) is 19.1 Å². The molecule has 3 rings (SSSR count). The fourth-order valence-electron chi connectivity index (χ4n) is 4.12. The number of sulfonamides is 1. The largest absolute Gasteiger partial charge is 0.497 e. The van der Waals surface area contributed by atoms with E-state index in [2.05, 4.69) is 5.32 Å². The zero-order valence-electron chi connectivity index (χ0n) is 18.2. The molecule has 1 saturated carbocycles. The number of hydrogen-bond donors (Lipinski definition) is 1. The van der Waals surface area contributed by atoms with Crippen molar-refractivity contribution in [3.8, 4) is 5.75 Å². The zero-order valence-corrected chi connectivity index (χ0v) is 19.0. The number of piperidine rings is 1. The summed E-state index contributed by atoms with van der Waals surface area (Å²) in [5, 5.41) is 2.97. The summed E-state index contributed by atoms with van der Waals surface area (Å²) < 4.78 is 37.5. The molecular formula is C22H32N2O6S. The number of methoxy groups -OCH3 is 1. The number of ether oxygens (including phenoxy) is 2. The van der Waals surface area contributed by atoms with Crippen LogP contribution >= 0.6 is 0 Å². The molecule has 1 aliphatic heterocycles. The third kappa shape index (κ3) is 5.98. The van der Waals surface area contributed by atoms with Crippen LogP contribution in [0, 0.1) is 5.92 Å². The van der Waals surface area contributed by atoms with Crippen LogP contribution in [0.5, 0.6) is 5.75 Å². The Morgan fingerprint density at radius 3 is 2.23 bits per heavy atom. The molecular weight excluding hydrogens is 420 g/mol. The standard InChI is InChI=1S/C22H32N2O6S/c1-16(21(25)23-18-6-4-3-5-7-18)30-22(26)17-12-14-24(15-13-17)31(27,28)20-10-8-19(29-2)9-11-20/h8-11,16-18H,3-7,12-15H2,1-2H3,(H,23,25)/t16-/m0/s1.